The number of carbonyl (C=O) groups excluding carboxylic acids is 1. The van der Waals surface area contributed by atoms with Crippen LogP contribution in [0.2, 0.25) is 0 Å². The minimum absolute atomic E-state index is 0.174. The fourth-order valence-electron chi connectivity index (χ4n) is 3.11. The minimum atomic E-state index is -3.73. The Bertz CT molecular complexity index is 1410. The number of nitrogens with one attached hydrogen (secondary N) is 3. The van der Waals surface area contributed by atoms with Gasteiger partial charge in [0.15, 0.2) is 5.13 Å². The van der Waals surface area contributed by atoms with E-state index in [1.54, 1.807) is 42.5 Å². The zero-order valence-electron chi connectivity index (χ0n) is 17.8. The molecule has 1 heterocycles. The summed E-state index contributed by atoms with van der Waals surface area (Å²) in [5.41, 5.74) is 4.95. The van der Waals surface area contributed by atoms with E-state index in [1.165, 1.54) is 11.3 Å². The number of rotatable bonds is 5. The van der Waals surface area contributed by atoms with Crippen molar-refractivity contribution < 1.29 is 13.2 Å². The van der Waals surface area contributed by atoms with Crippen molar-refractivity contribution in [1.29, 1.82) is 0 Å². The van der Waals surface area contributed by atoms with E-state index in [-0.39, 0.29) is 16.1 Å². The third-order valence-electron chi connectivity index (χ3n) is 5.05. The van der Waals surface area contributed by atoms with Crippen molar-refractivity contribution in [1.82, 2.24) is 4.98 Å². The molecule has 0 bridgehead atoms. The highest BCUT2D eigenvalue weighted by Crippen LogP contribution is 2.30. The van der Waals surface area contributed by atoms with Gasteiger partial charge in [0, 0.05) is 11.4 Å². The molecule has 0 saturated carbocycles. The Hall–Kier alpha value is -3.43. The number of sulfonamides is 1. The van der Waals surface area contributed by atoms with Crippen LogP contribution in [-0.2, 0) is 10.0 Å². The van der Waals surface area contributed by atoms with Crippen molar-refractivity contribution in [2.75, 3.05) is 15.4 Å². The summed E-state index contributed by atoms with van der Waals surface area (Å²) >= 11 is 1.23. The van der Waals surface area contributed by atoms with Crippen LogP contribution in [0.25, 0.3) is 10.2 Å². The molecule has 4 aromatic rings. The van der Waals surface area contributed by atoms with Crippen molar-refractivity contribution in [3.05, 3.63) is 77.4 Å². The largest absolute Gasteiger partial charge is 0.323 e. The van der Waals surface area contributed by atoms with Crippen LogP contribution in [0.3, 0.4) is 0 Å². The summed E-state index contributed by atoms with van der Waals surface area (Å²) in [6.45, 7) is 5.83. The predicted octanol–water partition coefficient (Wildman–Crippen LogP) is 5.67. The molecule has 0 aliphatic rings. The number of anilines is 3. The molecule has 9 heteroatoms. The first-order valence-electron chi connectivity index (χ1n) is 9.85. The Balaban J connectivity index is 1.49. The molecule has 164 valence electrons. The normalized spacial score (nSPS) is 11.3. The summed E-state index contributed by atoms with van der Waals surface area (Å²) in [7, 11) is -3.73. The number of hydrogen-bond donors (Lipinski definition) is 3. The highest BCUT2D eigenvalue weighted by molar-refractivity contribution is 7.93. The molecular formula is C23H22N4O3S2. The van der Waals surface area contributed by atoms with Gasteiger partial charge in [-0.15, -0.1) is 0 Å². The second-order valence-corrected chi connectivity index (χ2v) is 10.2. The monoisotopic (exact) mass is 466 g/mol. The molecule has 0 unspecified atom stereocenters. The number of hydrogen-bond acceptors (Lipinski definition) is 5. The molecule has 3 aromatic carbocycles. The van der Waals surface area contributed by atoms with Crippen LogP contribution in [0.1, 0.15) is 16.7 Å². The van der Waals surface area contributed by atoms with E-state index >= 15 is 0 Å². The summed E-state index contributed by atoms with van der Waals surface area (Å²) in [6, 6.07) is 17.2. The molecule has 0 spiro atoms. The number of benzene rings is 3. The Labute approximate surface area is 190 Å². The zero-order chi connectivity index (χ0) is 22.9. The number of aryl methyl sites for hydroxylation is 2. The van der Waals surface area contributed by atoms with E-state index in [9.17, 15) is 13.2 Å². The van der Waals surface area contributed by atoms with Crippen LogP contribution in [0.4, 0.5) is 21.3 Å². The lowest BCUT2D eigenvalue weighted by atomic mass is 10.1. The first kappa shape index (κ1) is 21.8. The van der Waals surface area contributed by atoms with E-state index in [1.807, 2.05) is 39.0 Å². The van der Waals surface area contributed by atoms with Gasteiger partial charge in [-0.2, -0.15) is 0 Å². The summed E-state index contributed by atoms with van der Waals surface area (Å²) in [5, 5.41) is 5.90. The van der Waals surface area contributed by atoms with E-state index in [4.69, 9.17) is 0 Å². The van der Waals surface area contributed by atoms with Gasteiger partial charge in [-0.1, -0.05) is 41.2 Å². The van der Waals surface area contributed by atoms with Crippen LogP contribution < -0.4 is 15.4 Å². The predicted molar refractivity (Wildman–Crippen MR) is 130 cm³/mol. The van der Waals surface area contributed by atoms with Crippen molar-refractivity contribution in [2.45, 2.75) is 25.7 Å². The molecule has 0 radical (unpaired) electrons. The molecule has 4 rings (SSSR count). The standard InChI is InChI=1S/C23H22N4O3S2/c1-14-7-10-18(11-8-14)32(29,30)27-23-26-20-13-17(9-12-21(20)31-23)24-22(28)25-19-6-4-5-15(2)16(19)3/h4-13H,1-3H3,(H,26,27)(H2,24,25,28). The van der Waals surface area contributed by atoms with Crippen LogP contribution in [0.15, 0.2) is 65.6 Å². The number of thiazole rings is 1. The van der Waals surface area contributed by atoms with Gasteiger partial charge >= 0.3 is 6.03 Å². The molecule has 0 fully saturated rings. The molecule has 2 amide bonds. The van der Waals surface area contributed by atoms with Gasteiger partial charge in [-0.05, 0) is 68.3 Å². The number of carbonyl (C=O) groups is 1. The highest BCUT2D eigenvalue weighted by atomic mass is 32.2. The van der Waals surface area contributed by atoms with E-state index in [0.29, 0.717) is 11.2 Å². The molecule has 7 nitrogen and oxygen atoms in total. The van der Waals surface area contributed by atoms with Crippen LogP contribution in [0, 0.1) is 20.8 Å². The summed E-state index contributed by atoms with van der Waals surface area (Å²) in [5.74, 6) is 0. The quantitative estimate of drug-likeness (QED) is 0.353. The molecule has 1 aromatic heterocycles. The smallest absolute Gasteiger partial charge is 0.308 e. The third-order valence-corrected chi connectivity index (χ3v) is 7.49. The number of nitrogens with zero attached hydrogens (tertiary/aromatic N) is 1. The van der Waals surface area contributed by atoms with Crippen molar-refractivity contribution in [2.24, 2.45) is 0 Å². The van der Waals surface area contributed by atoms with Crippen LogP contribution in [0.5, 0.6) is 0 Å². The highest BCUT2D eigenvalue weighted by Gasteiger charge is 2.17. The maximum Gasteiger partial charge on any atom is 0.323 e. The molecule has 32 heavy (non-hydrogen) atoms. The average molecular weight is 467 g/mol. The van der Waals surface area contributed by atoms with Crippen molar-refractivity contribution >= 4 is 54.1 Å². The van der Waals surface area contributed by atoms with Gasteiger partial charge < -0.3 is 10.6 Å². The Morgan fingerprint density at radius 2 is 1.69 bits per heavy atom. The fraction of sp³-hybridized carbons (Fsp3) is 0.130. The lowest BCUT2D eigenvalue weighted by Crippen LogP contribution is -2.20. The summed E-state index contributed by atoms with van der Waals surface area (Å²) in [6.07, 6.45) is 0. The lowest BCUT2D eigenvalue weighted by molar-refractivity contribution is 0.262. The van der Waals surface area contributed by atoms with Gasteiger partial charge in [0.1, 0.15) is 0 Å². The van der Waals surface area contributed by atoms with Crippen LogP contribution >= 0.6 is 11.3 Å². The summed E-state index contributed by atoms with van der Waals surface area (Å²) in [4.78, 5) is 17.0. The SMILES string of the molecule is Cc1ccc(S(=O)(=O)Nc2nc3cc(NC(=O)Nc4cccc(C)c4C)ccc3s2)cc1. The van der Waals surface area contributed by atoms with Gasteiger partial charge in [-0.3, -0.25) is 4.72 Å². The van der Waals surface area contributed by atoms with Crippen LogP contribution in [-0.4, -0.2) is 19.4 Å². The van der Waals surface area contributed by atoms with Gasteiger partial charge in [0.2, 0.25) is 0 Å². The lowest BCUT2D eigenvalue weighted by Gasteiger charge is -2.11. The minimum Gasteiger partial charge on any atom is -0.308 e. The molecule has 3 N–H and O–H groups in total. The molecular weight excluding hydrogens is 444 g/mol. The van der Waals surface area contributed by atoms with Crippen molar-refractivity contribution in [3.63, 3.8) is 0 Å². The number of amides is 2. The second-order valence-electron chi connectivity index (χ2n) is 7.45. The molecule has 0 atom stereocenters. The maximum atomic E-state index is 12.6. The number of urea groups is 1. The fourth-order valence-corrected chi connectivity index (χ4v) is 5.19. The Kier molecular flexibility index (Phi) is 5.86. The molecule has 0 saturated heterocycles. The topological polar surface area (TPSA) is 100 Å². The molecule has 0 aliphatic carbocycles. The maximum absolute atomic E-state index is 12.6. The average Bonchev–Trinajstić information content (AvgIpc) is 3.12. The van der Waals surface area contributed by atoms with E-state index in [0.717, 1.165) is 27.1 Å². The second kappa shape index (κ2) is 8.60. The van der Waals surface area contributed by atoms with Gasteiger partial charge in [0.05, 0.1) is 15.1 Å². The number of fused-ring (bicyclic) bond motifs is 1. The summed E-state index contributed by atoms with van der Waals surface area (Å²) < 4.78 is 28.6. The zero-order valence-corrected chi connectivity index (χ0v) is 19.4. The molecule has 0 aliphatic heterocycles. The number of aromatic nitrogens is 1. The van der Waals surface area contributed by atoms with Gasteiger partial charge in [0.25, 0.3) is 10.0 Å². The Morgan fingerprint density at radius 1 is 0.938 bits per heavy atom. The van der Waals surface area contributed by atoms with E-state index < -0.39 is 10.0 Å². The first-order chi connectivity index (χ1) is 15.2. The van der Waals surface area contributed by atoms with E-state index in [2.05, 4.69) is 20.3 Å². The third kappa shape index (κ3) is 4.74. The first-order valence-corrected chi connectivity index (χ1v) is 12.2. The van der Waals surface area contributed by atoms with Crippen molar-refractivity contribution in [3.8, 4) is 0 Å². The Morgan fingerprint density at radius 3 is 2.44 bits per heavy atom. The van der Waals surface area contributed by atoms with Gasteiger partial charge in [-0.25, -0.2) is 18.2 Å².